The van der Waals surface area contributed by atoms with Gasteiger partial charge < -0.3 is 14.5 Å². The summed E-state index contributed by atoms with van der Waals surface area (Å²) in [5.74, 6) is -3.00. The summed E-state index contributed by atoms with van der Waals surface area (Å²) in [5, 5.41) is 2.61. The first-order chi connectivity index (χ1) is 8.87. The van der Waals surface area contributed by atoms with Gasteiger partial charge in [0.1, 0.15) is 0 Å². The Balaban J connectivity index is 1.89. The fourth-order valence-electron chi connectivity index (χ4n) is 2.55. The molecule has 2 unspecified atom stereocenters. The Labute approximate surface area is 111 Å². The van der Waals surface area contributed by atoms with Crippen molar-refractivity contribution >= 4 is 5.91 Å². The van der Waals surface area contributed by atoms with Crippen LogP contribution in [0.15, 0.2) is 0 Å². The Morgan fingerprint density at radius 2 is 2.26 bits per heavy atom. The molecule has 0 radical (unpaired) electrons. The van der Waals surface area contributed by atoms with E-state index in [0.29, 0.717) is 19.7 Å². The second kappa shape index (κ2) is 5.68. The number of hydrogen-bond acceptors (Lipinski definition) is 4. The van der Waals surface area contributed by atoms with Crippen LogP contribution in [0.5, 0.6) is 0 Å². The number of rotatable bonds is 3. The molecule has 0 aliphatic carbocycles. The maximum Gasteiger partial charge on any atom is 0.262 e. The molecule has 0 aromatic rings. The maximum atomic E-state index is 13.1. The van der Waals surface area contributed by atoms with Gasteiger partial charge in [0.15, 0.2) is 0 Å². The SMILES string of the molecule is CN(C)CC1CN(C(=O)C2CC(F)(F)CN2)CCO1. The molecular formula is C12H21F2N3O2. The molecule has 0 aromatic carbocycles. The summed E-state index contributed by atoms with van der Waals surface area (Å²) in [6.45, 7) is 1.73. The number of morpholine rings is 1. The number of ether oxygens (including phenoxy) is 1. The smallest absolute Gasteiger partial charge is 0.262 e. The predicted molar refractivity (Wildman–Crippen MR) is 66.2 cm³/mol. The first-order valence-corrected chi connectivity index (χ1v) is 6.54. The van der Waals surface area contributed by atoms with Crippen LogP contribution in [-0.4, -0.2) is 80.7 Å². The van der Waals surface area contributed by atoms with Gasteiger partial charge in [0.2, 0.25) is 5.91 Å². The van der Waals surface area contributed by atoms with Crippen molar-refractivity contribution in [3.8, 4) is 0 Å². The summed E-state index contributed by atoms with van der Waals surface area (Å²) >= 11 is 0. The fourth-order valence-corrected chi connectivity index (χ4v) is 2.55. The van der Waals surface area contributed by atoms with Crippen LogP contribution in [-0.2, 0) is 9.53 Å². The van der Waals surface area contributed by atoms with Crippen LogP contribution in [0, 0.1) is 0 Å². The van der Waals surface area contributed by atoms with Crippen LogP contribution in [0.1, 0.15) is 6.42 Å². The Kier molecular flexibility index (Phi) is 4.37. The van der Waals surface area contributed by atoms with Crippen molar-refractivity contribution in [2.75, 3.05) is 46.9 Å². The highest BCUT2D eigenvalue weighted by molar-refractivity contribution is 5.82. The molecule has 0 bridgehead atoms. The normalized spacial score (nSPS) is 30.9. The summed E-state index contributed by atoms with van der Waals surface area (Å²) in [6, 6.07) is -0.756. The van der Waals surface area contributed by atoms with Gasteiger partial charge in [0.05, 0.1) is 25.3 Å². The molecule has 1 N–H and O–H groups in total. The molecule has 2 aliphatic heterocycles. The highest BCUT2D eigenvalue weighted by Gasteiger charge is 2.44. The quantitative estimate of drug-likeness (QED) is 0.774. The van der Waals surface area contributed by atoms with E-state index in [1.54, 1.807) is 4.90 Å². The topological polar surface area (TPSA) is 44.8 Å². The maximum absolute atomic E-state index is 13.1. The van der Waals surface area contributed by atoms with Crippen molar-refractivity contribution in [3.63, 3.8) is 0 Å². The molecule has 19 heavy (non-hydrogen) atoms. The number of likely N-dealkylation sites (N-methyl/N-ethyl adjacent to an activating group) is 1. The minimum atomic E-state index is -2.77. The van der Waals surface area contributed by atoms with Crippen LogP contribution >= 0.6 is 0 Å². The molecule has 2 atom stereocenters. The van der Waals surface area contributed by atoms with Crippen LogP contribution in [0.2, 0.25) is 0 Å². The average molecular weight is 277 g/mol. The molecule has 2 rings (SSSR count). The minimum absolute atomic E-state index is 0.0467. The van der Waals surface area contributed by atoms with Crippen molar-refractivity contribution in [2.45, 2.75) is 24.5 Å². The summed E-state index contributed by atoms with van der Waals surface area (Å²) in [4.78, 5) is 15.8. The summed E-state index contributed by atoms with van der Waals surface area (Å²) in [7, 11) is 3.87. The number of carbonyl (C=O) groups excluding carboxylic acids is 1. The lowest BCUT2D eigenvalue weighted by Crippen LogP contribution is -2.53. The van der Waals surface area contributed by atoms with Gasteiger partial charge in [0.25, 0.3) is 5.92 Å². The van der Waals surface area contributed by atoms with Crippen LogP contribution in [0.3, 0.4) is 0 Å². The second-order valence-corrected chi connectivity index (χ2v) is 5.53. The van der Waals surface area contributed by atoms with E-state index in [2.05, 4.69) is 5.32 Å². The third kappa shape index (κ3) is 3.84. The summed E-state index contributed by atoms with van der Waals surface area (Å²) < 4.78 is 31.8. The van der Waals surface area contributed by atoms with E-state index in [1.807, 2.05) is 19.0 Å². The number of hydrogen-bond donors (Lipinski definition) is 1. The highest BCUT2D eigenvalue weighted by atomic mass is 19.3. The van der Waals surface area contributed by atoms with E-state index < -0.39 is 24.9 Å². The zero-order valence-electron chi connectivity index (χ0n) is 11.4. The van der Waals surface area contributed by atoms with Gasteiger partial charge in [-0.2, -0.15) is 0 Å². The number of halogens is 2. The predicted octanol–water partition coefficient (Wildman–Crippen LogP) is -0.227. The van der Waals surface area contributed by atoms with Gasteiger partial charge in [0, 0.05) is 26.1 Å². The van der Waals surface area contributed by atoms with E-state index in [-0.39, 0.29) is 12.0 Å². The number of nitrogens with zero attached hydrogens (tertiary/aromatic N) is 2. The van der Waals surface area contributed by atoms with Crippen LogP contribution in [0.25, 0.3) is 0 Å². The molecule has 5 nitrogen and oxygen atoms in total. The number of nitrogens with one attached hydrogen (secondary N) is 1. The van der Waals surface area contributed by atoms with Gasteiger partial charge in [-0.15, -0.1) is 0 Å². The monoisotopic (exact) mass is 277 g/mol. The third-order valence-corrected chi connectivity index (χ3v) is 3.43. The lowest BCUT2D eigenvalue weighted by atomic mass is 10.1. The van der Waals surface area contributed by atoms with E-state index in [9.17, 15) is 13.6 Å². The van der Waals surface area contributed by atoms with Crippen molar-refractivity contribution in [1.82, 2.24) is 15.1 Å². The van der Waals surface area contributed by atoms with Crippen molar-refractivity contribution in [1.29, 1.82) is 0 Å². The molecule has 0 aromatic heterocycles. The van der Waals surface area contributed by atoms with Crippen LogP contribution < -0.4 is 5.32 Å². The lowest BCUT2D eigenvalue weighted by molar-refractivity contribution is -0.141. The number of carbonyl (C=O) groups is 1. The number of amides is 1. The van der Waals surface area contributed by atoms with Gasteiger partial charge >= 0.3 is 0 Å². The summed E-state index contributed by atoms with van der Waals surface area (Å²) in [6.07, 6.45) is -0.448. The Morgan fingerprint density at radius 3 is 2.84 bits per heavy atom. The second-order valence-electron chi connectivity index (χ2n) is 5.53. The van der Waals surface area contributed by atoms with Gasteiger partial charge in [-0.05, 0) is 14.1 Å². The fraction of sp³-hybridized carbons (Fsp3) is 0.917. The summed E-state index contributed by atoms with van der Waals surface area (Å²) in [5.41, 5.74) is 0. The van der Waals surface area contributed by atoms with E-state index in [4.69, 9.17) is 4.74 Å². The van der Waals surface area contributed by atoms with E-state index >= 15 is 0 Å². The number of alkyl halides is 2. The molecule has 0 spiro atoms. The molecule has 2 saturated heterocycles. The van der Waals surface area contributed by atoms with Gasteiger partial charge in [-0.25, -0.2) is 8.78 Å². The van der Waals surface area contributed by atoms with Gasteiger partial charge in [-0.3, -0.25) is 10.1 Å². The highest BCUT2D eigenvalue weighted by Crippen LogP contribution is 2.26. The zero-order chi connectivity index (χ0) is 14.0. The Hall–Kier alpha value is -0.790. The molecule has 110 valence electrons. The largest absolute Gasteiger partial charge is 0.373 e. The molecule has 2 fully saturated rings. The first kappa shape index (κ1) is 14.6. The molecular weight excluding hydrogens is 256 g/mol. The minimum Gasteiger partial charge on any atom is -0.373 e. The molecule has 7 heteroatoms. The van der Waals surface area contributed by atoms with Crippen molar-refractivity contribution in [2.24, 2.45) is 0 Å². The van der Waals surface area contributed by atoms with Crippen molar-refractivity contribution < 1.29 is 18.3 Å². The van der Waals surface area contributed by atoms with Crippen molar-refractivity contribution in [3.05, 3.63) is 0 Å². The third-order valence-electron chi connectivity index (χ3n) is 3.43. The molecule has 2 heterocycles. The van der Waals surface area contributed by atoms with Gasteiger partial charge in [-0.1, -0.05) is 0 Å². The first-order valence-electron chi connectivity index (χ1n) is 6.54. The molecule has 1 amide bonds. The average Bonchev–Trinajstić information content (AvgIpc) is 2.68. The Bertz CT molecular complexity index is 339. The molecule has 0 saturated carbocycles. The lowest BCUT2D eigenvalue weighted by Gasteiger charge is -2.35. The van der Waals surface area contributed by atoms with E-state index in [1.165, 1.54) is 0 Å². The standard InChI is InChI=1S/C12H21F2N3O2/c1-16(2)6-9-7-17(3-4-19-9)11(18)10-5-12(13,14)8-15-10/h9-10,15H,3-8H2,1-2H3. The molecule has 2 aliphatic rings. The van der Waals surface area contributed by atoms with E-state index in [0.717, 1.165) is 6.54 Å². The van der Waals surface area contributed by atoms with Crippen LogP contribution in [0.4, 0.5) is 8.78 Å². The zero-order valence-corrected chi connectivity index (χ0v) is 11.4. The Morgan fingerprint density at radius 1 is 1.53 bits per heavy atom.